The molecule has 1 aromatic carbocycles. The molecule has 2 heterocycles. The van der Waals surface area contributed by atoms with E-state index < -0.39 is 6.03 Å². The second-order valence-electron chi connectivity index (χ2n) is 6.34. The number of piperidine rings is 1. The number of rotatable bonds is 4. The Morgan fingerprint density at radius 1 is 1.32 bits per heavy atom. The molecule has 8 heteroatoms. The van der Waals surface area contributed by atoms with Crippen molar-refractivity contribution in [2.75, 3.05) is 25.0 Å². The first kappa shape index (κ1) is 19.4. The predicted octanol–water partition coefficient (Wildman–Crippen LogP) is 2.52. The molecule has 1 aromatic heterocycles. The molecule has 1 fully saturated rings. The minimum atomic E-state index is -0.500. The zero-order chi connectivity index (χ0) is 19.9. The van der Waals surface area contributed by atoms with Crippen molar-refractivity contribution in [1.29, 1.82) is 5.26 Å². The van der Waals surface area contributed by atoms with Crippen molar-refractivity contribution in [2.24, 2.45) is 0 Å². The highest BCUT2D eigenvalue weighted by Gasteiger charge is 2.25. The van der Waals surface area contributed by atoms with Crippen molar-refractivity contribution in [3.05, 3.63) is 45.8 Å². The summed E-state index contributed by atoms with van der Waals surface area (Å²) in [4.78, 5) is 30.0. The van der Waals surface area contributed by atoms with Crippen LogP contribution in [0.25, 0.3) is 0 Å². The Labute approximate surface area is 167 Å². The summed E-state index contributed by atoms with van der Waals surface area (Å²) in [5.74, 6) is 2.89. The van der Waals surface area contributed by atoms with Crippen LogP contribution in [0.15, 0.2) is 29.6 Å². The first-order valence-electron chi connectivity index (χ1n) is 8.84. The minimum Gasteiger partial charge on any atom is -0.341 e. The summed E-state index contributed by atoms with van der Waals surface area (Å²) in [5.41, 5.74) is 1.74. The van der Waals surface area contributed by atoms with Gasteiger partial charge in [-0.05, 0) is 36.3 Å². The first-order chi connectivity index (χ1) is 13.6. The number of nitrogens with zero attached hydrogens (tertiary/aromatic N) is 3. The van der Waals surface area contributed by atoms with Gasteiger partial charge in [-0.2, -0.15) is 5.26 Å². The maximum Gasteiger partial charge on any atom is 0.320 e. The van der Waals surface area contributed by atoms with Crippen molar-refractivity contribution in [3.63, 3.8) is 0 Å². The highest BCUT2D eigenvalue weighted by molar-refractivity contribution is 7.10. The zero-order valence-electron chi connectivity index (χ0n) is 15.1. The van der Waals surface area contributed by atoms with Gasteiger partial charge in [-0.25, -0.2) is 9.78 Å². The fourth-order valence-electron chi connectivity index (χ4n) is 3.22. The lowest BCUT2D eigenvalue weighted by atomic mass is 9.87. The van der Waals surface area contributed by atoms with Crippen LogP contribution >= 0.6 is 11.3 Å². The van der Waals surface area contributed by atoms with Crippen LogP contribution in [0.3, 0.4) is 0 Å². The zero-order valence-corrected chi connectivity index (χ0v) is 16.0. The van der Waals surface area contributed by atoms with Crippen LogP contribution in [0, 0.1) is 23.7 Å². The van der Waals surface area contributed by atoms with Crippen LogP contribution in [0.4, 0.5) is 10.6 Å². The molecule has 0 spiro atoms. The van der Waals surface area contributed by atoms with E-state index >= 15 is 0 Å². The molecule has 0 radical (unpaired) electrons. The van der Waals surface area contributed by atoms with Crippen molar-refractivity contribution in [2.45, 2.75) is 18.8 Å². The second-order valence-corrected chi connectivity index (χ2v) is 7.20. The summed E-state index contributed by atoms with van der Waals surface area (Å²) in [7, 11) is 0. The number of nitrogens with one attached hydrogen (secondary N) is 2. The molecular weight excluding hydrogens is 374 g/mol. The van der Waals surface area contributed by atoms with Gasteiger partial charge in [0.15, 0.2) is 5.01 Å². The standard InChI is InChI=1S/C20H19N5O2S/c1-2-18-23-17(13-28-18)24-20(27)22-12-19(26)25-9-7-14(8-10-25)16-6-4-3-5-15(16)11-21/h1,3-6,13-14H,7-10,12H2,(H2,22,24,27). The van der Waals surface area contributed by atoms with Gasteiger partial charge in [-0.3, -0.25) is 10.1 Å². The van der Waals surface area contributed by atoms with Crippen molar-refractivity contribution in [3.8, 4) is 18.4 Å². The number of hydrogen-bond donors (Lipinski definition) is 2. The Balaban J connectivity index is 1.45. The van der Waals surface area contributed by atoms with E-state index in [1.165, 1.54) is 11.3 Å². The molecule has 2 N–H and O–H groups in total. The van der Waals surface area contributed by atoms with E-state index in [-0.39, 0.29) is 18.4 Å². The highest BCUT2D eigenvalue weighted by Crippen LogP contribution is 2.30. The largest absolute Gasteiger partial charge is 0.341 e. The lowest BCUT2D eigenvalue weighted by molar-refractivity contribution is -0.131. The normalized spacial score (nSPS) is 14.0. The summed E-state index contributed by atoms with van der Waals surface area (Å²) in [6.45, 7) is 1.12. The maximum absolute atomic E-state index is 12.4. The fourth-order valence-corrected chi connectivity index (χ4v) is 3.77. The van der Waals surface area contributed by atoms with Gasteiger partial charge in [-0.1, -0.05) is 18.2 Å². The molecule has 1 aliphatic heterocycles. The van der Waals surface area contributed by atoms with Crippen LogP contribution in [0.2, 0.25) is 0 Å². The summed E-state index contributed by atoms with van der Waals surface area (Å²) in [6, 6.07) is 9.33. The van der Waals surface area contributed by atoms with Gasteiger partial charge in [0, 0.05) is 18.5 Å². The fraction of sp³-hybridized carbons (Fsp3) is 0.300. The maximum atomic E-state index is 12.4. The summed E-state index contributed by atoms with van der Waals surface area (Å²) in [6.07, 6.45) is 6.83. The number of hydrogen-bond acceptors (Lipinski definition) is 5. The molecular formula is C20H19N5O2S. The number of likely N-dealkylation sites (tertiary alicyclic amines) is 1. The number of carbonyl (C=O) groups is 2. The number of anilines is 1. The number of nitriles is 1. The molecule has 28 heavy (non-hydrogen) atoms. The van der Waals surface area contributed by atoms with Crippen LogP contribution in [0.1, 0.15) is 34.9 Å². The number of benzene rings is 1. The summed E-state index contributed by atoms with van der Waals surface area (Å²) >= 11 is 1.25. The Morgan fingerprint density at radius 3 is 2.75 bits per heavy atom. The molecule has 1 aliphatic rings. The second kappa shape index (κ2) is 9.03. The van der Waals surface area contributed by atoms with Crippen molar-refractivity contribution in [1.82, 2.24) is 15.2 Å². The van der Waals surface area contributed by atoms with Crippen LogP contribution in [0.5, 0.6) is 0 Å². The molecule has 3 rings (SSSR count). The van der Waals surface area contributed by atoms with Gasteiger partial charge >= 0.3 is 6.03 Å². The van der Waals surface area contributed by atoms with E-state index in [4.69, 9.17) is 6.42 Å². The van der Waals surface area contributed by atoms with E-state index in [0.29, 0.717) is 29.5 Å². The van der Waals surface area contributed by atoms with Crippen LogP contribution in [-0.4, -0.2) is 41.5 Å². The number of amides is 3. The number of carbonyl (C=O) groups excluding carboxylic acids is 2. The Hall–Kier alpha value is -3.36. The number of aromatic nitrogens is 1. The summed E-state index contributed by atoms with van der Waals surface area (Å²) in [5, 5.41) is 16.5. The molecule has 7 nitrogen and oxygen atoms in total. The third kappa shape index (κ3) is 4.67. The van der Waals surface area contributed by atoms with Gasteiger partial charge < -0.3 is 10.2 Å². The Kier molecular flexibility index (Phi) is 6.25. The molecule has 1 saturated heterocycles. The third-order valence-corrected chi connectivity index (χ3v) is 5.41. The molecule has 0 saturated carbocycles. The number of urea groups is 1. The topological polar surface area (TPSA) is 98.1 Å². The molecule has 0 aliphatic carbocycles. The molecule has 3 amide bonds. The van der Waals surface area contributed by atoms with Crippen LogP contribution < -0.4 is 10.6 Å². The monoisotopic (exact) mass is 393 g/mol. The quantitative estimate of drug-likeness (QED) is 0.780. The smallest absolute Gasteiger partial charge is 0.320 e. The van der Waals surface area contributed by atoms with Gasteiger partial charge in [-0.15, -0.1) is 17.8 Å². The van der Waals surface area contributed by atoms with Crippen molar-refractivity contribution < 1.29 is 9.59 Å². The Morgan fingerprint density at radius 2 is 2.07 bits per heavy atom. The molecule has 0 unspecified atom stereocenters. The van der Waals surface area contributed by atoms with Gasteiger partial charge in [0.25, 0.3) is 0 Å². The van der Waals surface area contributed by atoms with Gasteiger partial charge in [0.2, 0.25) is 5.91 Å². The first-order valence-corrected chi connectivity index (χ1v) is 9.72. The Bertz CT molecular complexity index is 948. The van der Waals surface area contributed by atoms with E-state index in [2.05, 4.69) is 27.6 Å². The minimum absolute atomic E-state index is 0.0859. The average molecular weight is 393 g/mol. The van der Waals surface area contributed by atoms with Gasteiger partial charge in [0.05, 0.1) is 18.2 Å². The predicted molar refractivity (Wildman–Crippen MR) is 107 cm³/mol. The molecule has 0 bridgehead atoms. The number of thiazole rings is 1. The average Bonchev–Trinajstić information content (AvgIpc) is 3.19. The third-order valence-electron chi connectivity index (χ3n) is 4.64. The molecule has 2 aromatic rings. The molecule has 142 valence electrons. The van der Waals surface area contributed by atoms with E-state index in [1.54, 1.807) is 10.3 Å². The lowest BCUT2D eigenvalue weighted by Crippen LogP contribution is -2.44. The van der Waals surface area contributed by atoms with Crippen LogP contribution in [-0.2, 0) is 4.79 Å². The van der Waals surface area contributed by atoms with Crippen molar-refractivity contribution >= 4 is 29.1 Å². The number of terminal acetylenes is 1. The van der Waals surface area contributed by atoms with E-state index in [0.717, 1.165) is 18.4 Å². The van der Waals surface area contributed by atoms with E-state index in [9.17, 15) is 14.9 Å². The summed E-state index contributed by atoms with van der Waals surface area (Å²) < 4.78 is 0. The van der Waals surface area contributed by atoms with E-state index in [1.807, 2.05) is 24.3 Å². The highest BCUT2D eigenvalue weighted by atomic mass is 32.1. The van der Waals surface area contributed by atoms with Gasteiger partial charge in [0.1, 0.15) is 5.82 Å². The lowest BCUT2D eigenvalue weighted by Gasteiger charge is -2.32. The molecule has 0 atom stereocenters. The SMILES string of the molecule is C#Cc1nc(NC(=O)NCC(=O)N2CCC(c3ccccc3C#N)CC2)cs1.